The fourth-order valence-electron chi connectivity index (χ4n) is 2.73. The van der Waals surface area contributed by atoms with Gasteiger partial charge in [-0.15, -0.1) is 0 Å². The Labute approximate surface area is 166 Å². The highest BCUT2D eigenvalue weighted by molar-refractivity contribution is 7.92. The summed E-state index contributed by atoms with van der Waals surface area (Å²) < 4.78 is 27.5. The normalized spacial score (nSPS) is 11.9. The van der Waals surface area contributed by atoms with Crippen LogP contribution in [0.4, 0.5) is 17.2 Å². The average Bonchev–Trinajstić information content (AvgIpc) is 2.63. The third-order valence-electron chi connectivity index (χ3n) is 4.34. The number of nitrogens with one attached hydrogen (secondary N) is 2. The molecule has 5 nitrogen and oxygen atoms in total. The molecule has 1 aromatic heterocycles. The van der Waals surface area contributed by atoms with E-state index in [1.54, 1.807) is 30.3 Å². The van der Waals surface area contributed by atoms with Crippen LogP contribution in [0, 0.1) is 6.92 Å². The molecule has 2 aromatic carbocycles. The molecule has 0 bridgehead atoms. The standard InChI is InChI=1S/C22H25N3O2S/c1-16-6-5-7-20(14-16)28(26,27)25-19-12-13-21(23-15-19)24-18-10-8-17(9-11-18)22(2,3)4/h5-15,25H,1-4H3,(H,23,24). The van der Waals surface area contributed by atoms with E-state index in [0.717, 1.165) is 11.3 Å². The Hall–Kier alpha value is -2.86. The van der Waals surface area contributed by atoms with Crippen molar-refractivity contribution in [1.29, 1.82) is 0 Å². The fourth-order valence-corrected chi connectivity index (χ4v) is 3.87. The first kappa shape index (κ1) is 19.9. The van der Waals surface area contributed by atoms with Crippen molar-refractivity contribution in [3.63, 3.8) is 0 Å². The van der Waals surface area contributed by atoms with Crippen molar-refractivity contribution in [2.24, 2.45) is 0 Å². The van der Waals surface area contributed by atoms with E-state index in [1.165, 1.54) is 11.8 Å². The van der Waals surface area contributed by atoms with Crippen LogP contribution in [0.2, 0.25) is 0 Å². The molecule has 0 aliphatic rings. The second-order valence-corrected chi connectivity index (χ2v) is 9.49. The Morgan fingerprint density at radius 2 is 1.57 bits per heavy atom. The topological polar surface area (TPSA) is 71.1 Å². The van der Waals surface area contributed by atoms with Crippen LogP contribution in [0.15, 0.2) is 71.8 Å². The monoisotopic (exact) mass is 395 g/mol. The summed E-state index contributed by atoms with van der Waals surface area (Å²) in [5, 5.41) is 3.22. The Kier molecular flexibility index (Phi) is 5.42. The van der Waals surface area contributed by atoms with Gasteiger partial charge in [0.05, 0.1) is 16.8 Å². The van der Waals surface area contributed by atoms with Gasteiger partial charge in [-0.25, -0.2) is 13.4 Å². The van der Waals surface area contributed by atoms with Crippen LogP contribution in [0.25, 0.3) is 0 Å². The molecule has 0 aliphatic carbocycles. The van der Waals surface area contributed by atoms with Crippen LogP contribution in [0.5, 0.6) is 0 Å². The summed E-state index contributed by atoms with van der Waals surface area (Å²) in [6, 6.07) is 18.4. The second kappa shape index (κ2) is 7.64. The lowest BCUT2D eigenvalue weighted by Gasteiger charge is -2.19. The van der Waals surface area contributed by atoms with Crippen LogP contribution < -0.4 is 10.0 Å². The fraction of sp³-hybridized carbons (Fsp3) is 0.227. The van der Waals surface area contributed by atoms with Crippen molar-refractivity contribution in [3.8, 4) is 0 Å². The van der Waals surface area contributed by atoms with Crippen molar-refractivity contribution in [1.82, 2.24) is 4.98 Å². The summed E-state index contributed by atoms with van der Waals surface area (Å²) in [6.45, 7) is 8.38. The quantitative estimate of drug-likeness (QED) is 0.620. The number of sulfonamides is 1. The molecule has 2 N–H and O–H groups in total. The van der Waals surface area contributed by atoms with Gasteiger partial charge in [0.2, 0.25) is 0 Å². The molecule has 28 heavy (non-hydrogen) atoms. The van der Waals surface area contributed by atoms with E-state index >= 15 is 0 Å². The average molecular weight is 396 g/mol. The molecule has 1 heterocycles. The largest absolute Gasteiger partial charge is 0.340 e. The van der Waals surface area contributed by atoms with Gasteiger partial charge in [0.1, 0.15) is 5.82 Å². The number of hydrogen-bond acceptors (Lipinski definition) is 4. The Morgan fingerprint density at radius 1 is 0.893 bits per heavy atom. The van der Waals surface area contributed by atoms with Crippen molar-refractivity contribution in [3.05, 3.63) is 78.0 Å². The Balaban J connectivity index is 1.70. The molecule has 0 amide bonds. The summed E-state index contributed by atoms with van der Waals surface area (Å²) >= 11 is 0. The lowest BCUT2D eigenvalue weighted by Crippen LogP contribution is -2.13. The van der Waals surface area contributed by atoms with Gasteiger partial charge in [0, 0.05) is 5.69 Å². The molecule has 6 heteroatoms. The predicted molar refractivity (Wildman–Crippen MR) is 115 cm³/mol. The maximum absolute atomic E-state index is 12.5. The van der Waals surface area contributed by atoms with Crippen LogP contribution in [0.3, 0.4) is 0 Å². The van der Waals surface area contributed by atoms with Crippen molar-refractivity contribution >= 4 is 27.2 Å². The molecule has 0 aliphatic heterocycles. The SMILES string of the molecule is Cc1cccc(S(=O)(=O)Nc2ccc(Nc3ccc(C(C)(C)C)cc3)nc2)c1. The van der Waals surface area contributed by atoms with E-state index in [4.69, 9.17) is 0 Å². The molecule has 0 fully saturated rings. The minimum Gasteiger partial charge on any atom is -0.340 e. The van der Waals surface area contributed by atoms with E-state index in [0.29, 0.717) is 11.5 Å². The summed E-state index contributed by atoms with van der Waals surface area (Å²) in [4.78, 5) is 4.53. The van der Waals surface area contributed by atoms with E-state index in [1.807, 2.05) is 25.1 Å². The number of anilines is 3. The lowest BCUT2D eigenvalue weighted by molar-refractivity contribution is 0.590. The highest BCUT2D eigenvalue weighted by Crippen LogP contribution is 2.25. The van der Waals surface area contributed by atoms with E-state index in [-0.39, 0.29) is 10.3 Å². The van der Waals surface area contributed by atoms with Gasteiger partial charge in [0.25, 0.3) is 10.0 Å². The summed E-state index contributed by atoms with van der Waals surface area (Å²) in [6.07, 6.45) is 1.50. The van der Waals surface area contributed by atoms with Crippen LogP contribution >= 0.6 is 0 Å². The number of nitrogens with zero attached hydrogens (tertiary/aromatic N) is 1. The molecule has 0 spiro atoms. The van der Waals surface area contributed by atoms with Gasteiger partial charge in [-0.2, -0.15) is 0 Å². The van der Waals surface area contributed by atoms with E-state index in [9.17, 15) is 8.42 Å². The van der Waals surface area contributed by atoms with Crippen molar-refractivity contribution < 1.29 is 8.42 Å². The Bertz CT molecular complexity index is 1050. The number of benzene rings is 2. The first-order valence-electron chi connectivity index (χ1n) is 9.07. The zero-order valence-corrected chi connectivity index (χ0v) is 17.3. The third-order valence-corrected chi connectivity index (χ3v) is 5.72. The highest BCUT2D eigenvalue weighted by Gasteiger charge is 2.15. The molecule has 3 rings (SSSR count). The van der Waals surface area contributed by atoms with Gasteiger partial charge in [-0.3, -0.25) is 4.72 Å². The first-order chi connectivity index (χ1) is 13.1. The van der Waals surface area contributed by atoms with Crippen LogP contribution in [-0.4, -0.2) is 13.4 Å². The zero-order chi connectivity index (χ0) is 20.4. The lowest BCUT2D eigenvalue weighted by atomic mass is 9.87. The van der Waals surface area contributed by atoms with Crippen molar-refractivity contribution in [2.45, 2.75) is 38.0 Å². The van der Waals surface area contributed by atoms with Gasteiger partial charge in [0.15, 0.2) is 0 Å². The first-order valence-corrected chi connectivity index (χ1v) is 10.5. The Morgan fingerprint density at radius 3 is 2.14 bits per heavy atom. The molecular weight excluding hydrogens is 370 g/mol. The van der Waals surface area contributed by atoms with Crippen LogP contribution in [-0.2, 0) is 15.4 Å². The number of rotatable bonds is 5. The molecule has 0 saturated heterocycles. The van der Waals surface area contributed by atoms with Crippen LogP contribution in [0.1, 0.15) is 31.9 Å². The van der Waals surface area contributed by atoms with E-state index in [2.05, 4.69) is 47.9 Å². The molecule has 0 saturated carbocycles. The van der Waals surface area contributed by atoms with Gasteiger partial charge < -0.3 is 5.32 Å². The molecule has 3 aromatic rings. The molecule has 146 valence electrons. The minimum atomic E-state index is -3.64. The predicted octanol–water partition coefficient (Wildman–Crippen LogP) is 5.23. The maximum Gasteiger partial charge on any atom is 0.261 e. The molecular formula is C22H25N3O2S. The highest BCUT2D eigenvalue weighted by atomic mass is 32.2. The van der Waals surface area contributed by atoms with Gasteiger partial charge in [-0.1, -0.05) is 45.0 Å². The minimum absolute atomic E-state index is 0.104. The summed E-state index contributed by atoms with van der Waals surface area (Å²) in [5.74, 6) is 0.641. The number of hydrogen-bond donors (Lipinski definition) is 2. The summed E-state index contributed by atoms with van der Waals surface area (Å²) in [7, 11) is -3.64. The van der Waals surface area contributed by atoms with Gasteiger partial charge in [-0.05, 0) is 59.9 Å². The summed E-state index contributed by atoms with van der Waals surface area (Å²) in [5.41, 5.74) is 3.58. The van der Waals surface area contributed by atoms with Gasteiger partial charge >= 0.3 is 0 Å². The maximum atomic E-state index is 12.5. The molecule has 0 radical (unpaired) electrons. The third kappa shape index (κ3) is 4.89. The number of pyridine rings is 1. The number of aryl methyl sites for hydroxylation is 1. The zero-order valence-electron chi connectivity index (χ0n) is 16.5. The second-order valence-electron chi connectivity index (χ2n) is 7.81. The molecule has 0 atom stereocenters. The van der Waals surface area contributed by atoms with E-state index < -0.39 is 10.0 Å². The smallest absolute Gasteiger partial charge is 0.261 e. The van der Waals surface area contributed by atoms with Crippen molar-refractivity contribution in [2.75, 3.05) is 10.0 Å². The number of aromatic nitrogens is 1. The molecule has 0 unspecified atom stereocenters.